The van der Waals surface area contributed by atoms with Gasteiger partial charge in [0, 0.05) is 37.6 Å². The summed E-state index contributed by atoms with van der Waals surface area (Å²) in [5.74, 6) is 1.07. The van der Waals surface area contributed by atoms with Gasteiger partial charge in [0.1, 0.15) is 11.5 Å². The topological polar surface area (TPSA) is 65.0 Å². The van der Waals surface area contributed by atoms with Gasteiger partial charge in [-0.15, -0.1) is 0 Å². The summed E-state index contributed by atoms with van der Waals surface area (Å²) in [4.78, 5) is 17.1. The summed E-state index contributed by atoms with van der Waals surface area (Å²) in [6, 6.07) is 14.5. The number of rotatable bonds is 6. The second-order valence-electron chi connectivity index (χ2n) is 6.66. The van der Waals surface area contributed by atoms with Crippen LogP contribution in [0.5, 0.6) is 11.5 Å². The molecule has 27 heavy (non-hydrogen) atoms. The Kier molecular flexibility index (Phi) is 6.19. The number of anilines is 2. The molecule has 2 aromatic carbocycles. The molecule has 2 aromatic rings. The minimum Gasteiger partial charge on any atom is -0.508 e. The smallest absolute Gasteiger partial charge is 0.241 e. The molecule has 2 N–H and O–H groups in total. The largest absolute Gasteiger partial charge is 0.508 e. The number of piperazine rings is 1. The van der Waals surface area contributed by atoms with Crippen molar-refractivity contribution in [3.63, 3.8) is 0 Å². The Balaban J connectivity index is 1.51. The van der Waals surface area contributed by atoms with Gasteiger partial charge in [0.15, 0.2) is 0 Å². The number of benzene rings is 2. The van der Waals surface area contributed by atoms with Crippen LogP contribution in [-0.4, -0.2) is 54.7 Å². The highest BCUT2D eigenvalue weighted by molar-refractivity contribution is 5.94. The zero-order chi connectivity index (χ0) is 19.2. The summed E-state index contributed by atoms with van der Waals surface area (Å²) < 4.78 is 5.42. The van der Waals surface area contributed by atoms with E-state index in [-0.39, 0.29) is 17.7 Å². The van der Waals surface area contributed by atoms with Crippen molar-refractivity contribution in [2.75, 3.05) is 43.0 Å². The number of nitrogens with zero attached hydrogens (tertiary/aromatic N) is 2. The summed E-state index contributed by atoms with van der Waals surface area (Å²) in [5.41, 5.74) is 1.87. The van der Waals surface area contributed by atoms with Gasteiger partial charge in [0.25, 0.3) is 0 Å². The van der Waals surface area contributed by atoms with Gasteiger partial charge in [0.2, 0.25) is 5.91 Å². The van der Waals surface area contributed by atoms with E-state index in [1.54, 1.807) is 12.1 Å². The van der Waals surface area contributed by atoms with Crippen LogP contribution in [0.1, 0.15) is 13.8 Å². The zero-order valence-corrected chi connectivity index (χ0v) is 15.9. The quantitative estimate of drug-likeness (QED) is 0.820. The number of amides is 1. The molecule has 6 nitrogen and oxygen atoms in total. The summed E-state index contributed by atoms with van der Waals surface area (Å²) in [7, 11) is 0. The number of carbonyl (C=O) groups is 1. The van der Waals surface area contributed by atoms with Crippen molar-refractivity contribution in [3.05, 3.63) is 48.5 Å². The fourth-order valence-corrected chi connectivity index (χ4v) is 3.24. The first kappa shape index (κ1) is 19.0. The number of ether oxygens (including phenoxy) is 1. The number of hydrogen-bond donors (Lipinski definition) is 2. The summed E-state index contributed by atoms with van der Waals surface area (Å²) in [6.45, 7) is 7.85. The van der Waals surface area contributed by atoms with Gasteiger partial charge in [-0.25, -0.2) is 0 Å². The lowest BCUT2D eigenvalue weighted by molar-refractivity contribution is -0.120. The highest BCUT2D eigenvalue weighted by Gasteiger charge is 2.25. The van der Waals surface area contributed by atoms with Gasteiger partial charge in [0.05, 0.1) is 12.6 Å². The van der Waals surface area contributed by atoms with Crippen molar-refractivity contribution in [1.82, 2.24) is 4.90 Å². The molecule has 1 fully saturated rings. The van der Waals surface area contributed by atoms with Crippen LogP contribution in [0.3, 0.4) is 0 Å². The van der Waals surface area contributed by atoms with Crippen LogP contribution < -0.4 is 15.0 Å². The van der Waals surface area contributed by atoms with Crippen LogP contribution >= 0.6 is 0 Å². The molecule has 1 aliphatic rings. The minimum atomic E-state index is -0.196. The van der Waals surface area contributed by atoms with E-state index in [9.17, 15) is 9.90 Å². The predicted molar refractivity (Wildman–Crippen MR) is 108 cm³/mol. The Morgan fingerprint density at radius 1 is 1.07 bits per heavy atom. The molecule has 0 spiro atoms. The lowest BCUT2D eigenvalue weighted by Gasteiger charge is -2.38. The molecule has 0 aliphatic carbocycles. The first-order chi connectivity index (χ1) is 13.1. The molecule has 0 aromatic heterocycles. The van der Waals surface area contributed by atoms with Crippen molar-refractivity contribution < 1.29 is 14.6 Å². The van der Waals surface area contributed by atoms with Gasteiger partial charge in [-0.05, 0) is 62.4 Å². The van der Waals surface area contributed by atoms with E-state index in [2.05, 4.69) is 15.1 Å². The van der Waals surface area contributed by atoms with Crippen LogP contribution in [0.2, 0.25) is 0 Å². The molecule has 1 amide bonds. The van der Waals surface area contributed by atoms with Crippen LogP contribution in [0, 0.1) is 0 Å². The fraction of sp³-hybridized carbons (Fsp3) is 0.381. The van der Waals surface area contributed by atoms with Gasteiger partial charge in [-0.1, -0.05) is 0 Å². The maximum Gasteiger partial charge on any atom is 0.241 e. The molecular formula is C21H27N3O3. The molecule has 0 saturated carbocycles. The maximum atomic E-state index is 12.6. The summed E-state index contributed by atoms with van der Waals surface area (Å²) in [6.07, 6.45) is 0. The predicted octanol–water partition coefficient (Wildman–Crippen LogP) is 2.94. The normalized spacial score (nSPS) is 16.0. The number of aromatic hydroxyl groups is 1. The molecule has 6 heteroatoms. The average molecular weight is 369 g/mol. The van der Waals surface area contributed by atoms with Crippen LogP contribution in [0.15, 0.2) is 48.5 Å². The van der Waals surface area contributed by atoms with Crippen molar-refractivity contribution in [3.8, 4) is 11.5 Å². The molecule has 1 aliphatic heterocycles. The van der Waals surface area contributed by atoms with Crippen molar-refractivity contribution >= 4 is 17.3 Å². The Bertz CT molecular complexity index is 738. The standard InChI is InChI=1S/C21H27N3O3/c1-3-27-20-10-4-17(5-11-20)22-21(26)16(2)23-12-14-24(15-13-23)18-6-8-19(25)9-7-18/h4-11,16,25H,3,12-15H2,1-2H3,(H,22,26). The van der Waals surface area contributed by atoms with Gasteiger partial charge < -0.3 is 20.1 Å². The maximum absolute atomic E-state index is 12.6. The van der Waals surface area contributed by atoms with E-state index in [1.165, 1.54) is 0 Å². The molecule has 1 heterocycles. The number of phenolic OH excluding ortho intramolecular Hbond substituents is 1. The first-order valence-corrected chi connectivity index (χ1v) is 9.38. The SMILES string of the molecule is CCOc1ccc(NC(=O)C(C)N2CCN(c3ccc(O)cc3)CC2)cc1. The van der Waals surface area contributed by atoms with Gasteiger partial charge >= 0.3 is 0 Å². The third-order valence-corrected chi connectivity index (χ3v) is 4.89. The Hall–Kier alpha value is -2.73. The Morgan fingerprint density at radius 2 is 1.70 bits per heavy atom. The molecule has 3 rings (SSSR count). The van der Waals surface area contributed by atoms with Crippen molar-refractivity contribution in [2.45, 2.75) is 19.9 Å². The highest BCUT2D eigenvalue weighted by atomic mass is 16.5. The van der Waals surface area contributed by atoms with Gasteiger partial charge in [-0.3, -0.25) is 9.69 Å². The lowest BCUT2D eigenvalue weighted by Crippen LogP contribution is -2.52. The molecule has 1 unspecified atom stereocenters. The molecule has 1 saturated heterocycles. The van der Waals surface area contributed by atoms with Crippen LogP contribution in [0.25, 0.3) is 0 Å². The molecule has 144 valence electrons. The lowest BCUT2D eigenvalue weighted by atomic mass is 10.2. The zero-order valence-electron chi connectivity index (χ0n) is 15.9. The monoisotopic (exact) mass is 369 g/mol. The first-order valence-electron chi connectivity index (χ1n) is 9.38. The molecular weight excluding hydrogens is 342 g/mol. The Labute approximate surface area is 160 Å². The van der Waals surface area contributed by atoms with E-state index >= 15 is 0 Å². The minimum absolute atomic E-state index is 0.00255. The van der Waals surface area contributed by atoms with Crippen LogP contribution in [-0.2, 0) is 4.79 Å². The Morgan fingerprint density at radius 3 is 2.30 bits per heavy atom. The van der Waals surface area contributed by atoms with Crippen LogP contribution in [0.4, 0.5) is 11.4 Å². The second kappa shape index (κ2) is 8.77. The van der Waals surface area contributed by atoms with E-state index in [4.69, 9.17) is 4.74 Å². The summed E-state index contributed by atoms with van der Waals surface area (Å²) >= 11 is 0. The average Bonchev–Trinajstić information content (AvgIpc) is 2.70. The summed E-state index contributed by atoms with van der Waals surface area (Å²) in [5, 5.41) is 12.4. The number of hydrogen-bond acceptors (Lipinski definition) is 5. The van der Waals surface area contributed by atoms with E-state index in [0.29, 0.717) is 6.61 Å². The van der Waals surface area contributed by atoms with Crippen molar-refractivity contribution in [1.29, 1.82) is 0 Å². The third-order valence-electron chi connectivity index (χ3n) is 4.89. The third kappa shape index (κ3) is 4.92. The highest BCUT2D eigenvalue weighted by Crippen LogP contribution is 2.21. The van der Waals surface area contributed by atoms with Crippen molar-refractivity contribution in [2.24, 2.45) is 0 Å². The van der Waals surface area contributed by atoms with Gasteiger partial charge in [-0.2, -0.15) is 0 Å². The molecule has 0 radical (unpaired) electrons. The van der Waals surface area contributed by atoms with E-state index < -0.39 is 0 Å². The number of phenols is 1. The van der Waals surface area contributed by atoms with E-state index in [1.807, 2.05) is 50.2 Å². The molecule has 1 atom stereocenters. The molecule has 0 bridgehead atoms. The fourth-order valence-electron chi connectivity index (χ4n) is 3.24. The number of carbonyl (C=O) groups excluding carboxylic acids is 1. The van der Waals surface area contributed by atoms with E-state index in [0.717, 1.165) is 43.3 Å². The number of nitrogens with one attached hydrogen (secondary N) is 1. The second-order valence-corrected chi connectivity index (χ2v) is 6.66.